The molecule has 1 saturated heterocycles. The van der Waals surface area contributed by atoms with E-state index in [1.54, 1.807) is 12.1 Å². The van der Waals surface area contributed by atoms with Crippen LogP contribution in [0.25, 0.3) is 11.1 Å². The Labute approximate surface area is 203 Å². The lowest BCUT2D eigenvalue weighted by Gasteiger charge is -2.38. The van der Waals surface area contributed by atoms with Gasteiger partial charge in [0.15, 0.2) is 0 Å². The third-order valence-corrected chi connectivity index (χ3v) is 6.81. The van der Waals surface area contributed by atoms with Crippen LogP contribution in [-0.2, 0) is 14.3 Å². The fraction of sp³-hybridized carbons (Fsp3) is 0.250. The van der Waals surface area contributed by atoms with Gasteiger partial charge < -0.3 is 20.1 Å². The first-order valence-corrected chi connectivity index (χ1v) is 11.6. The Hall–Kier alpha value is -4.13. The Morgan fingerprint density at radius 2 is 1.51 bits per heavy atom. The van der Waals surface area contributed by atoms with E-state index in [-0.39, 0.29) is 31.5 Å². The number of aryl methyl sites for hydroxylation is 1. The van der Waals surface area contributed by atoms with Crippen LogP contribution >= 0.6 is 0 Å². The molecule has 178 valence electrons. The number of amides is 2. The molecule has 0 saturated carbocycles. The zero-order valence-electron chi connectivity index (χ0n) is 19.3. The maximum atomic E-state index is 13.2. The van der Waals surface area contributed by atoms with Crippen LogP contribution in [0.4, 0.5) is 4.79 Å². The molecule has 0 spiro atoms. The van der Waals surface area contributed by atoms with Gasteiger partial charge in [-0.1, -0.05) is 78.4 Å². The number of aliphatic carboxylic acids is 1. The minimum Gasteiger partial charge on any atom is -0.481 e. The number of nitrogens with one attached hydrogen (secondary N) is 1. The number of carboxylic acid groups (broad SMARTS) is 1. The minimum atomic E-state index is -0.957. The molecule has 7 heteroatoms. The van der Waals surface area contributed by atoms with Crippen molar-refractivity contribution in [2.75, 3.05) is 19.7 Å². The molecule has 35 heavy (non-hydrogen) atoms. The third kappa shape index (κ3) is 4.37. The van der Waals surface area contributed by atoms with Gasteiger partial charge in [0, 0.05) is 19.0 Å². The number of carboxylic acids is 1. The number of nitrogens with zero attached hydrogens (tertiary/aromatic N) is 1. The molecule has 5 rings (SSSR count). The molecule has 0 aromatic heterocycles. The summed E-state index contributed by atoms with van der Waals surface area (Å²) in [6, 6.07) is 22.5. The van der Waals surface area contributed by atoms with Crippen LogP contribution in [0.2, 0.25) is 0 Å². The highest BCUT2D eigenvalue weighted by molar-refractivity contribution is 5.89. The van der Waals surface area contributed by atoms with Gasteiger partial charge in [0.2, 0.25) is 5.91 Å². The van der Waals surface area contributed by atoms with E-state index in [9.17, 15) is 14.4 Å². The van der Waals surface area contributed by atoms with Crippen molar-refractivity contribution in [1.82, 2.24) is 10.2 Å². The largest absolute Gasteiger partial charge is 0.481 e. The van der Waals surface area contributed by atoms with Crippen LogP contribution in [0, 0.1) is 12.8 Å². The van der Waals surface area contributed by atoms with Crippen LogP contribution in [0.3, 0.4) is 0 Å². The summed E-state index contributed by atoms with van der Waals surface area (Å²) in [7, 11) is 0. The van der Waals surface area contributed by atoms with Gasteiger partial charge in [0.25, 0.3) is 0 Å². The second-order valence-electron chi connectivity index (χ2n) is 9.09. The smallest absolute Gasteiger partial charge is 0.408 e. The first-order valence-electron chi connectivity index (χ1n) is 11.6. The molecule has 0 radical (unpaired) electrons. The molecule has 2 N–H and O–H groups in total. The molecule has 1 aliphatic heterocycles. The van der Waals surface area contributed by atoms with Crippen molar-refractivity contribution in [3.8, 4) is 11.1 Å². The molecule has 1 unspecified atom stereocenters. The van der Waals surface area contributed by atoms with E-state index < -0.39 is 24.0 Å². The fourth-order valence-electron chi connectivity index (χ4n) is 4.80. The average Bonchev–Trinajstić information content (AvgIpc) is 3.14. The molecule has 2 aliphatic rings. The molecule has 1 fully saturated rings. The molecule has 7 nitrogen and oxygen atoms in total. The van der Waals surface area contributed by atoms with Gasteiger partial charge in [-0.2, -0.15) is 0 Å². The van der Waals surface area contributed by atoms with E-state index in [0.29, 0.717) is 5.56 Å². The number of benzene rings is 3. The maximum absolute atomic E-state index is 13.2. The molecule has 3 aromatic carbocycles. The third-order valence-electron chi connectivity index (χ3n) is 6.81. The summed E-state index contributed by atoms with van der Waals surface area (Å²) in [4.78, 5) is 38.7. The number of hydrogen-bond acceptors (Lipinski definition) is 4. The highest BCUT2D eigenvalue weighted by Gasteiger charge is 2.39. The van der Waals surface area contributed by atoms with Crippen LogP contribution in [-0.4, -0.2) is 47.7 Å². The average molecular weight is 471 g/mol. The topological polar surface area (TPSA) is 95.9 Å². The number of hydrogen-bond donors (Lipinski definition) is 2. The first kappa shape index (κ1) is 22.7. The first-order chi connectivity index (χ1) is 16.9. The van der Waals surface area contributed by atoms with Gasteiger partial charge in [-0.25, -0.2) is 4.79 Å². The predicted molar refractivity (Wildman–Crippen MR) is 130 cm³/mol. The zero-order chi connectivity index (χ0) is 24.5. The standard InChI is InChI=1S/C28H26N2O5/c1-17-10-12-18(13-11-17)25(26(31)30-14-19(15-30)27(32)33)29-28(34)35-16-24-22-8-4-2-6-20(22)21-7-3-5-9-23(21)24/h2-13,19,24-25H,14-16H2,1H3,(H,29,34)(H,32,33). The molecular formula is C28H26N2O5. The highest BCUT2D eigenvalue weighted by atomic mass is 16.5. The molecule has 1 heterocycles. The molecule has 0 bridgehead atoms. The van der Waals surface area contributed by atoms with Crippen molar-refractivity contribution >= 4 is 18.0 Å². The van der Waals surface area contributed by atoms with Gasteiger partial charge in [-0.3, -0.25) is 9.59 Å². The summed E-state index contributed by atoms with van der Waals surface area (Å²) >= 11 is 0. The summed E-state index contributed by atoms with van der Waals surface area (Å²) in [5.74, 6) is -1.94. The van der Waals surface area contributed by atoms with Gasteiger partial charge >= 0.3 is 12.1 Å². The van der Waals surface area contributed by atoms with Gasteiger partial charge in [-0.05, 0) is 34.7 Å². The van der Waals surface area contributed by atoms with Crippen molar-refractivity contribution < 1.29 is 24.2 Å². The number of carbonyl (C=O) groups is 3. The predicted octanol–water partition coefficient (Wildman–Crippen LogP) is 4.12. The van der Waals surface area contributed by atoms with Crippen LogP contribution < -0.4 is 5.32 Å². The number of carbonyl (C=O) groups excluding carboxylic acids is 2. The van der Waals surface area contributed by atoms with Crippen molar-refractivity contribution in [3.63, 3.8) is 0 Å². The van der Waals surface area contributed by atoms with Crippen molar-refractivity contribution in [2.24, 2.45) is 5.92 Å². The van der Waals surface area contributed by atoms with Gasteiger partial charge in [0.05, 0.1) is 5.92 Å². The maximum Gasteiger partial charge on any atom is 0.408 e. The van der Waals surface area contributed by atoms with Crippen molar-refractivity contribution in [2.45, 2.75) is 18.9 Å². The Balaban J connectivity index is 1.30. The quantitative estimate of drug-likeness (QED) is 0.565. The van der Waals surface area contributed by atoms with E-state index >= 15 is 0 Å². The van der Waals surface area contributed by atoms with E-state index in [2.05, 4.69) is 17.4 Å². The lowest BCUT2D eigenvalue weighted by atomic mass is 9.97. The number of fused-ring (bicyclic) bond motifs is 3. The van der Waals surface area contributed by atoms with E-state index in [4.69, 9.17) is 9.84 Å². The van der Waals surface area contributed by atoms with Gasteiger partial charge in [-0.15, -0.1) is 0 Å². The van der Waals surface area contributed by atoms with Crippen LogP contribution in [0.5, 0.6) is 0 Å². The fourth-order valence-corrected chi connectivity index (χ4v) is 4.80. The molecular weight excluding hydrogens is 444 g/mol. The number of likely N-dealkylation sites (tertiary alicyclic amines) is 1. The number of ether oxygens (including phenoxy) is 1. The molecule has 1 aliphatic carbocycles. The SMILES string of the molecule is Cc1ccc(C(NC(=O)OCC2c3ccccc3-c3ccccc32)C(=O)N2CC(C(=O)O)C2)cc1. The summed E-state index contributed by atoms with van der Waals surface area (Å²) in [5.41, 5.74) is 6.12. The molecule has 2 amide bonds. The van der Waals surface area contributed by atoms with Crippen LogP contribution in [0.15, 0.2) is 72.8 Å². The van der Waals surface area contributed by atoms with E-state index in [0.717, 1.165) is 27.8 Å². The van der Waals surface area contributed by atoms with Crippen molar-refractivity contribution in [3.05, 3.63) is 95.1 Å². The van der Waals surface area contributed by atoms with E-state index in [1.165, 1.54) is 4.90 Å². The van der Waals surface area contributed by atoms with Crippen molar-refractivity contribution in [1.29, 1.82) is 0 Å². The Kier molecular flexibility index (Phi) is 5.99. The summed E-state index contributed by atoms with van der Waals surface area (Å²) < 4.78 is 5.64. The number of rotatable bonds is 6. The molecule has 3 aromatic rings. The lowest BCUT2D eigenvalue weighted by Crippen LogP contribution is -2.56. The summed E-state index contributed by atoms with van der Waals surface area (Å²) in [6.45, 7) is 2.33. The lowest BCUT2D eigenvalue weighted by molar-refractivity contribution is -0.153. The number of alkyl carbamates (subject to hydrolysis) is 1. The van der Waals surface area contributed by atoms with Crippen LogP contribution in [0.1, 0.15) is 34.2 Å². The summed E-state index contributed by atoms with van der Waals surface area (Å²) in [5, 5.41) is 11.9. The Morgan fingerprint density at radius 1 is 0.943 bits per heavy atom. The second-order valence-corrected chi connectivity index (χ2v) is 9.09. The Bertz CT molecular complexity index is 1240. The molecule has 1 atom stereocenters. The Morgan fingerprint density at radius 3 is 2.09 bits per heavy atom. The monoisotopic (exact) mass is 470 g/mol. The highest BCUT2D eigenvalue weighted by Crippen LogP contribution is 2.44. The second kappa shape index (κ2) is 9.25. The van der Waals surface area contributed by atoms with Gasteiger partial charge in [0.1, 0.15) is 12.6 Å². The minimum absolute atomic E-state index is 0.0895. The van der Waals surface area contributed by atoms with E-state index in [1.807, 2.05) is 55.5 Å². The normalized spacial score (nSPS) is 15.5. The zero-order valence-corrected chi connectivity index (χ0v) is 19.3. The summed E-state index contributed by atoms with van der Waals surface area (Å²) in [6.07, 6.45) is -0.693.